The summed E-state index contributed by atoms with van der Waals surface area (Å²) in [5.41, 5.74) is 2.76. The summed E-state index contributed by atoms with van der Waals surface area (Å²) in [6.07, 6.45) is -0.853. The normalized spacial score (nSPS) is 12.6. The van der Waals surface area contributed by atoms with Gasteiger partial charge in [0.15, 0.2) is 11.6 Å². The SMILES string of the molecule is Cc1cscc1CNCC(O)c1ccc(F)c(F)c1. The lowest BCUT2D eigenvalue weighted by molar-refractivity contribution is 0.173. The standard InChI is InChI=1S/C14H15F2NOS/c1-9-7-19-8-11(9)5-17-6-14(18)10-2-3-12(15)13(16)4-10/h2-4,7-8,14,17-18H,5-6H2,1H3. The number of aliphatic hydroxyl groups excluding tert-OH is 1. The van der Waals surface area contributed by atoms with Crippen LogP contribution in [0.3, 0.4) is 0 Å². The number of hydrogen-bond acceptors (Lipinski definition) is 3. The molecule has 1 atom stereocenters. The molecule has 5 heteroatoms. The van der Waals surface area contributed by atoms with E-state index in [1.807, 2.05) is 12.3 Å². The zero-order valence-corrected chi connectivity index (χ0v) is 11.3. The molecule has 2 nitrogen and oxygen atoms in total. The second-order valence-corrected chi connectivity index (χ2v) is 5.14. The fourth-order valence-corrected chi connectivity index (χ4v) is 2.61. The van der Waals surface area contributed by atoms with Crippen molar-refractivity contribution in [2.45, 2.75) is 19.6 Å². The minimum Gasteiger partial charge on any atom is -0.387 e. The van der Waals surface area contributed by atoms with Gasteiger partial charge in [-0.15, -0.1) is 0 Å². The molecule has 0 aliphatic carbocycles. The molecule has 19 heavy (non-hydrogen) atoms. The van der Waals surface area contributed by atoms with Crippen LogP contribution in [0.5, 0.6) is 0 Å². The summed E-state index contributed by atoms with van der Waals surface area (Å²) in [4.78, 5) is 0. The van der Waals surface area contributed by atoms with Crippen LogP contribution < -0.4 is 5.32 Å². The zero-order valence-electron chi connectivity index (χ0n) is 10.5. The van der Waals surface area contributed by atoms with E-state index in [0.29, 0.717) is 18.7 Å². The molecule has 0 radical (unpaired) electrons. The Balaban J connectivity index is 1.89. The minimum atomic E-state index is -0.940. The average molecular weight is 283 g/mol. The first-order chi connectivity index (χ1) is 9.08. The van der Waals surface area contributed by atoms with Crippen LogP contribution in [-0.4, -0.2) is 11.7 Å². The zero-order chi connectivity index (χ0) is 13.8. The third-order valence-corrected chi connectivity index (χ3v) is 3.85. The van der Waals surface area contributed by atoms with Crippen LogP contribution in [0.15, 0.2) is 29.0 Å². The largest absolute Gasteiger partial charge is 0.387 e. The molecule has 0 spiro atoms. The summed E-state index contributed by atoms with van der Waals surface area (Å²) < 4.78 is 25.8. The van der Waals surface area contributed by atoms with Gasteiger partial charge in [0.25, 0.3) is 0 Å². The topological polar surface area (TPSA) is 32.3 Å². The van der Waals surface area contributed by atoms with Gasteiger partial charge in [-0.1, -0.05) is 6.07 Å². The highest BCUT2D eigenvalue weighted by molar-refractivity contribution is 7.08. The first-order valence-electron chi connectivity index (χ1n) is 5.93. The van der Waals surface area contributed by atoms with Crippen LogP contribution in [0.2, 0.25) is 0 Å². The Morgan fingerprint density at radius 2 is 2.05 bits per heavy atom. The number of benzene rings is 1. The van der Waals surface area contributed by atoms with Crippen LogP contribution in [0, 0.1) is 18.6 Å². The highest BCUT2D eigenvalue weighted by atomic mass is 32.1. The quantitative estimate of drug-likeness (QED) is 0.883. The van der Waals surface area contributed by atoms with Gasteiger partial charge < -0.3 is 10.4 Å². The number of nitrogens with one attached hydrogen (secondary N) is 1. The molecule has 1 aromatic carbocycles. The van der Waals surface area contributed by atoms with Crippen molar-refractivity contribution in [1.82, 2.24) is 5.32 Å². The van der Waals surface area contributed by atoms with Crippen molar-refractivity contribution in [3.63, 3.8) is 0 Å². The van der Waals surface area contributed by atoms with Crippen molar-refractivity contribution in [2.75, 3.05) is 6.54 Å². The molecule has 1 heterocycles. The summed E-state index contributed by atoms with van der Waals surface area (Å²) in [5.74, 6) is -1.84. The number of aliphatic hydroxyl groups is 1. The second-order valence-electron chi connectivity index (χ2n) is 4.40. The smallest absolute Gasteiger partial charge is 0.159 e. The Hall–Kier alpha value is -1.30. The molecular formula is C14H15F2NOS. The maximum absolute atomic E-state index is 13.0. The van der Waals surface area contributed by atoms with Gasteiger partial charge in [0.05, 0.1) is 6.10 Å². The van der Waals surface area contributed by atoms with Crippen molar-refractivity contribution in [2.24, 2.45) is 0 Å². The molecule has 0 fully saturated rings. The van der Waals surface area contributed by atoms with Gasteiger partial charge >= 0.3 is 0 Å². The lowest BCUT2D eigenvalue weighted by atomic mass is 10.1. The number of hydrogen-bond donors (Lipinski definition) is 2. The van der Waals surface area contributed by atoms with E-state index in [2.05, 4.69) is 10.7 Å². The maximum atomic E-state index is 13.0. The van der Waals surface area contributed by atoms with E-state index in [0.717, 1.165) is 12.1 Å². The lowest BCUT2D eigenvalue weighted by Gasteiger charge is -2.12. The second kappa shape index (κ2) is 6.23. The first kappa shape index (κ1) is 14.1. The molecule has 0 saturated heterocycles. The maximum Gasteiger partial charge on any atom is 0.159 e. The van der Waals surface area contributed by atoms with Gasteiger partial charge in [-0.3, -0.25) is 0 Å². The lowest BCUT2D eigenvalue weighted by Crippen LogP contribution is -2.21. The molecule has 2 N–H and O–H groups in total. The fraction of sp³-hybridized carbons (Fsp3) is 0.286. The summed E-state index contributed by atoms with van der Waals surface area (Å²) in [6, 6.07) is 3.44. The summed E-state index contributed by atoms with van der Waals surface area (Å²) in [5, 5.41) is 17.1. The Labute approximate surface area is 114 Å². The molecule has 0 aliphatic heterocycles. The Morgan fingerprint density at radius 3 is 2.68 bits per heavy atom. The van der Waals surface area contributed by atoms with Crippen molar-refractivity contribution >= 4 is 11.3 Å². The van der Waals surface area contributed by atoms with Gasteiger partial charge in [0, 0.05) is 13.1 Å². The predicted molar refractivity (Wildman–Crippen MR) is 72.1 cm³/mol. The van der Waals surface area contributed by atoms with E-state index in [1.165, 1.54) is 17.2 Å². The van der Waals surface area contributed by atoms with E-state index in [1.54, 1.807) is 11.3 Å². The number of thiophene rings is 1. The van der Waals surface area contributed by atoms with Gasteiger partial charge in [-0.2, -0.15) is 11.3 Å². The van der Waals surface area contributed by atoms with E-state index in [4.69, 9.17) is 0 Å². The molecule has 0 bridgehead atoms. The summed E-state index contributed by atoms with van der Waals surface area (Å²) in [7, 11) is 0. The minimum absolute atomic E-state index is 0.292. The van der Waals surface area contributed by atoms with Crippen molar-refractivity contribution in [3.8, 4) is 0 Å². The molecule has 2 rings (SSSR count). The average Bonchev–Trinajstić information content (AvgIpc) is 2.78. The number of rotatable bonds is 5. The van der Waals surface area contributed by atoms with E-state index in [9.17, 15) is 13.9 Å². The molecule has 2 aromatic rings. The van der Waals surface area contributed by atoms with Crippen molar-refractivity contribution < 1.29 is 13.9 Å². The van der Waals surface area contributed by atoms with Crippen LogP contribution in [0.25, 0.3) is 0 Å². The highest BCUT2D eigenvalue weighted by Gasteiger charge is 2.10. The van der Waals surface area contributed by atoms with Crippen LogP contribution in [0.1, 0.15) is 22.8 Å². The molecule has 0 aliphatic rings. The Kier molecular flexibility index (Phi) is 4.63. The molecule has 102 valence electrons. The molecule has 1 aromatic heterocycles. The summed E-state index contributed by atoms with van der Waals surface area (Å²) in [6.45, 7) is 2.97. The van der Waals surface area contributed by atoms with Gasteiger partial charge in [-0.25, -0.2) is 8.78 Å². The van der Waals surface area contributed by atoms with Gasteiger partial charge in [-0.05, 0) is 46.5 Å². The van der Waals surface area contributed by atoms with Crippen molar-refractivity contribution in [1.29, 1.82) is 0 Å². The fourth-order valence-electron chi connectivity index (χ4n) is 1.75. The Bertz CT molecular complexity index is 556. The summed E-state index contributed by atoms with van der Waals surface area (Å²) >= 11 is 1.63. The molecule has 0 saturated carbocycles. The van der Waals surface area contributed by atoms with E-state index < -0.39 is 17.7 Å². The predicted octanol–water partition coefficient (Wildman–Crippen LogP) is 3.16. The van der Waals surface area contributed by atoms with Crippen molar-refractivity contribution in [3.05, 3.63) is 57.3 Å². The van der Waals surface area contributed by atoms with E-state index >= 15 is 0 Å². The molecular weight excluding hydrogens is 268 g/mol. The molecule has 0 amide bonds. The molecule has 1 unspecified atom stereocenters. The number of aryl methyl sites for hydroxylation is 1. The van der Waals surface area contributed by atoms with Gasteiger partial charge in [0.2, 0.25) is 0 Å². The van der Waals surface area contributed by atoms with Gasteiger partial charge in [0.1, 0.15) is 0 Å². The first-order valence-corrected chi connectivity index (χ1v) is 6.87. The Morgan fingerprint density at radius 1 is 1.26 bits per heavy atom. The third kappa shape index (κ3) is 3.59. The monoisotopic (exact) mass is 283 g/mol. The van der Waals surface area contributed by atoms with Crippen LogP contribution in [-0.2, 0) is 6.54 Å². The highest BCUT2D eigenvalue weighted by Crippen LogP contribution is 2.17. The van der Waals surface area contributed by atoms with E-state index in [-0.39, 0.29) is 0 Å². The van der Waals surface area contributed by atoms with Crippen LogP contribution in [0.4, 0.5) is 8.78 Å². The van der Waals surface area contributed by atoms with Crippen LogP contribution >= 0.6 is 11.3 Å². The number of halogens is 2. The third-order valence-electron chi connectivity index (χ3n) is 2.94.